The van der Waals surface area contributed by atoms with Gasteiger partial charge in [0.2, 0.25) is 18.6 Å². The molecule has 2 aromatic carbocycles. The van der Waals surface area contributed by atoms with Crippen molar-refractivity contribution >= 4 is 34.4 Å². The Balaban J connectivity index is 1.34. The minimum atomic E-state index is -1.19. The normalized spacial score (nSPS) is 26.1. The second kappa shape index (κ2) is 14.4. The fraction of sp³-hybridized carbons (Fsp3) is 0.529. The van der Waals surface area contributed by atoms with Gasteiger partial charge >= 0.3 is 0 Å². The van der Waals surface area contributed by atoms with Crippen LogP contribution in [0.5, 0.6) is 23.0 Å². The second-order valence-corrected chi connectivity index (χ2v) is 13.8. The van der Waals surface area contributed by atoms with Crippen LogP contribution >= 0.6 is 22.6 Å². The number of hydrogen-bond acceptors (Lipinski definition) is 9. The Kier molecular flexibility index (Phi) is 10.3. The molecule has 3 unspecified atom stereocenters. The molecule has 2 aromatic rings. The van der Waals surface area contributed by atoms with Crippen LogP contribution in [0.4, 0.5) is 0 Å². The highest BCUT2D eigenvalue weighted by atomic mass is 127. The van der Waals surface area contributed by atoms with E-state index in [2.05, 4.69) is 27.9 Å². The number of halogens is 1. The molecule has 4 aliphatic rings. The van der Waals surface area contributed by atoms with Gasteiger partial charge < -0.3 is 44.5 Å². The van der Waals surface area contributed by atoms with Gasteiger partial charge in [-0.25, -0.2) is 0 Å². The van der Waals surface area contributed by atoms with Crippen LogP contribution in [0.3, 0.4) is 0 Å². The number of carbonyl (C=O) groups excluding carboxylic acids is 2. The summed E-state index contributed by atoms with van der Waals surface area (Å²) in [5, 5.41) is 33.7. The standard InChI is InChI=1S/C34H41IN2O9/c1-43-30-12-21(17-39)10-25(35)33(30)46-29-14-24(34(42)36-6-7-38)13-26(32(29)41)37(16-20-3-5-27-28(11-20)45-18-44-27)31(40)15-23-9-19-2-4-22(23)8-19/h3,5,10-12,14,19,22-23,26,29,32,38-39,41H,2,4,6-9,13,15-18H2,1H3,(H,36,42)/t19?,22?,23?,26-,29+,32+/m1/s1. The van der Waals surface area contributed by atoms with Crippen molar-refractivity contribution in [3.8, 4) is 23.0 Å². The number of carbonyl (C=O) groups is 2. The number of aliphatic hydroxyl groups is 3. The fourth-order valence-electron chi connectivity index (χ4n) is 7.49. The SMILES string of the molecule is COc1cc(CO)cc(I)c1O[C@H]1C=C(C(=O)NCCO)C[C@@H](N(Cc2ccc3c(c2)OCO3)C(=O)CC2CC3CCC2C3)[C@@H]1O. The number of aliphatic hydroxyl groups excluding tert-OH is 3. The second-order valence-electron chi connectivity index (χ2n) is 12.6. The Morgan fingerprint density at radius 3 is 2.63 bits per heavy atom. The summed E-state index contributed by atoms with van der Waals surface area (Å²) in [6.45, 7) is -0.0222. The van der Waals surface area contributed by atoms with Crippen LogP contribution in [-0.2, 0) is 22.7 Å². The van der Waals surface area contributed by atoms with E-state index in [1.54, 1.807) is 23.1 Å². The number of benzene rings is 2. The van der Waals surface area contributed by atoms with Gasteiger partial charge in [0.25, 0.3) is 0 Å². The molecule has 4 N–H and O–H groups in total. The van der Waals surface area contributed by atoms with E-state index in [1.807, 2.05) is 18.2 Å². The first-order valence-electron chi connectivity index (χ1n) is 15.9. The van der Waals surface area contributed by atoms with Gasteiger partial charge in [-0.15, -0.1) is 0 Å². The average Bonchev–Trinajstić information content (AvgIpc) is 3.82. The van der Waals surface area contributed by atoms with E-state index in [0.717, 1.165) is 18.4 Å². The molecular formula is C34H41IN2O9. The number of fused-ring (bicyclic) bond motifs is 3. The molecule has 3 aliphatic carbocycles. The van der Waals surface area contributed by atoms with E-state index in [9.17, 15) is 24.9 Å². The van der Waals surface area contributed by atoms with Crippen molar-refractivity contribution in [3.63, 3.8) is 0 Å². The van der Waals surface area contributed by atoms with E-state index in [0.29, 0.717) is 61.9 Å². The molecule has 0 spiro atoms. The number of ether oxygens (including phenoxy) is 4. The van der Waals surface area contributed by atoms with Gasteiger partial charge in [0.05, 0.1) is 29.9 Å². The van der Waals surface area contributed by atoms with E-state index >= 15 is 0 Å². The zero-order chi connectivity index (χ0) is 32.4. The summed E-state index contributed by atoms with van der Waals surface area (Å²) >= 11 is 2.08. The predicted octanol–water partition coefficient (Wildman–Crippen LogP) is 3.29. The molecule has 248 valence electrons. The molecule has 2 fully saturated rings. The van der Waals surface area contributed by atoms with E-state index in [-0.39, 0.29) is 45.4 Å². The maximum atomic E-state index is 14.3. The van der Waals surface area contributed by atoms with Crippen LogP contribution in [0.2, 0.25) is 0 Å². The van der Waals surface area contributed by atoms with Crippen molar-refractivity contribution in [2.24, 2.45) is 17.8 Å². The summed E-state index contributed by atoms with van der Waals surface area (Å²) in [7, 11) is 1.49. The van der Waals surface area contributed by atoms with Crippen LogP contribution in [0.25, 0.3) is 0 Å². The lowest BCUT2D eigenvalue weighted by Gasteiger charge is -2.41. The molecule has 2 bridgehead atoms. The van der Waals surface area contributed by atoms with Gasteiger partial charge in [0, 0.05) is 31.5 Å². The van der Waals surface area contributed by atoms with Crippen molar-refractivity contribution in [1.29, 1.82) is 0 Å². The summed E-state index contributed by atoms with van der Waals surface area (Å²) in [4.78, 5) is 29.3. The smallest absolute Gasteiger partial charge is 0.247 e. The topological polar surface area (TPSA) is 147 Å². The Labute approximate surface area is 282 Å². The Hall–Kier alpha value is -3.07. The Morgan fingerprint density at radius 2 is 1.91 bits per heavy atom. The van der Waals surface area contributed by atoms with Crippen molar-refractivity contribution in [2.75, 3.05) is 27.1 Å². The van der Waals surface area contributed by atoms with E-state index in [1.165, 1.54) is 20.0 Å². The zero-order valence-corrected chi connectivity index (χ0v) is 28.0. The summed E-state index contributed by atoms with van der Waals surface area (Å²) in [6.07, 6.45) is 4.47. The van der Waals surface area contributed by atoms with Crippen molar-refractivity contribution in [2.45, 2.75) is 69.9 Å². The average molecular weight is 749 g/mol. The summed E-state index contributed by atoms with van der Waals surface area (Å²) in [6, 6.07) is 8.18. The minimum Gasteiger partial charge on any atom is -0.493 e. The largest absolute Gasteiger partial charge is 0.493 e. The predicted molar refractivity (Wildman–Crippen MR) is 175 cm³/mol. The molecule has 6 rings (SSSR count). The highest BCUT2D eigenvalue weighted by molar-refractivity contribution is 14.1. The van der Waals surface area contributed by atoms with Gasteiger partial charge in [-0.2, -0.15) is 0 Å². The number of methoxy groups -OCH3 is 1. The van der Waals surface area contributed by atoms with E-state index < -0.39 is 24.2 Å². The van der Waals surface area contributed by atoms with Crippen LogP contribution in [-0.4, -0.2) is 77.3 Å². The molecule has 0 saturated heterocycles. The summed E-state index contributed by atoms with van der Waals surface area (Å²) in [5.74, 6) is 3.01. The van der Waals surface area contributed by atoms with Gasteiger partial charge in [0.15, 0.2) is 23.0 Å². The maximum absolute atomic E-state index is 14.3. The number of rotatable bonds is 12. The number of nitrogens with one attached hydrogen (secondary N) is 1. The number of amides is 2. The third-order valence-corrected chi connectivity index (χ3v) is 10.6. The first kappa shape index (κ1) is 32.9. The lowest BCUT2D eigenvalue weighted by atomic mass is 9.84. The molecule has 6 atom stereocenters. The van der Waals surface area contributed by atoms with Gasteiger partial charge in [0.1, 0.15) is 12.2 Å². The minimum absolute atomic E-state index is 0.0628. The molecule has 46 heavy (non-hydrogen) atoms. The molecule has 0 aromatic heterocycles. The number of nitrogens with zero attached hydrogens (tertiary/aromatic N) is 1. The lowest BCUT2D eigenvalue weighted by Crippen LogP contribution is -2.55. The molecule has 1 aliphatic heterocycles. The molecule has 2 amide bonds. The van der Waals surface area contributed by atoms with Gasteiger partial charge in [-0.05, 0) is 101 Å². The third-order valence-electron chi connectivity index (χ3n) is 9.77. The quantitative estimate of drug-likeness (QED) is 0.240. The fourth-order valence-corrected chi connectivity index (χ4v) is 8.28. The van der Waals surface area contributed by atoms with Gasteiger partial charge in [-0.3, -0.25) is 9.59 Å². The van der Waals surface area contributed by atoms with Crippen LogP contribution in [0.1, 0.15) is 49.7 Å². The van der Waals surface area contributed by atoms with Crippen molar-refractivity contribution < 1.29 is 43.9 Å². The van der Waals surface area contributed by atoms with Crippen molar-refractivity contribution in [3.05, 3.63) is 56.7 Å². The molecule has 2 saturated carbocycles. The highest BCUT2D eigenvalue weighted by Gasteiger charge is 2.44. The number of hydrogen-bond donors (Lipinski definition) is 4. The van der Waals surface area contributed by atoms with Crippen molar-refractivity contribution in [1.82, 2.24) is 10.2 Å². The third kappa shape index (κ3) is 6.95. The van der Waals surface area contributed by atoms with Crippen LogP contribution in [0, 0.1) is 21.3 Å². The molecule has 11 nitrogen and oxygen atoms in total. The monoisotopic (exact) mass is 748 g/mol. The highest BCUT2D eigenvalue weighted by Crippen LogP contribution is 2.50. The molecule has 1 heterocycles. The van der Waals surface area contributed by atoms with Crippen LogP contribution in [0.15, 0.2) is 42.0 Å². The van der Waals surface area contributed by atoms with E-state index in [4.69, 9.17) is 18.9 Å². The first-order chi connectivity index (χ1) is 22.3. The lowest BCUT2D eigenvalue weighted by molar-refractivity contribution is -0.141. The van der Waals surface area contributed by atoms with Gasteiger partial charge in [-0.1, -0.05) is 12.5 Å². The van der Waals surface area contributed by atoms with Crippen LogP contribution < -0.4 is 24.3 Å². The maximum Gasteiger partial charge on any atom is 0.247 e. The summed E-state index contributed by atoms with van der Waals surface area (Å²) in [5.41, 5.74) is 1.79. The Morgan fingerprint density at radius 1 is 1.09 bits per heavy atom. The summed E-state index contributed by atoms with van der Waals surface area (Å²) < 4.78 is 23.7. The Bertz CT molecular complexity index is 1480. The molecule has 0 radical (unpaired) electrons. The zero-order valence-electron chi connectivity index (χ0n) is 25.8. The first-order valence-corrected chi connectivity index (χ1v) is 17.0. The molecular weight excluding hydrogens is 707 g/mol. The molecule has 12 heteroatoms.